The van der Waals surface area contributed by atoms with E-state index in [0.29, 0.717) is 0 Å². The molecule has 1 aliphatic heterocycles. The summed E-state index contributed by atoms with van der Waals surface area (Å²) in [6.45, 7) is 4.26. The summed E-state index contributed by atoms with van der Waals surface area (Å²) >= 11 is 0. The van der Waals surface area contributed by atoms with Gasteiger partial charge in [0.15, 0.2) is 5.65 Å². The molecule has 0 bridgehead atoms. The van der Waals surface area contributed by atoms with E-state index in [9.17, 15) is 0 Å². The molecule has 3 aromatic heterocycles. The molecule has 5 rings (SSSR count). The third-order valence-electron chi connectivity index (χ3n) is 4.87. The number of ether oxygens (including phenoxy) is 1. The summed E-state index contributed by atoms with van der Waals surface area (Å²) in [5.41, 5.74) is 2.66. The Morgan fingerprint density at radius 3 is 2.88 bits per heavy atom. The molecule has 26 heavy (non-hydrogen) atoms. The van der Waals surface area contributed by atoms with Crippen molar-refractivity contribution in [3.8, 4) is 17.1 Å². The minimum Gasteiger partial charge on any atom is -0.487 e. The molecule has 130 valence electrons. The van der Waals surface area contributed by atoms with Crippen LogP contribution in [0, 0.1) is 0 Å². The predicted octanol–water partition coefficient (Wildman–Crippen LogP) is 3.74. The van der Waals surface area contributed by atoms with Crippen LogP contribution in [0.1, 0.15) is 31.9 Å². The van der Waals surface area contributed by atoms with Crippen LogP contribution in [0.2, 0.25) is 0 Å². The van der Waals surface area contributed by atoms with Crippen LogP contribution in [0.5, 0.6) is 5.75 Å². The first-order chi connectivity index (χ1) is 12.6. The zero-order chi connectivity index (χ0) is 17.7. The Kier molecular flexibility index (Phi) is 3.16. The maximum Gasteiger partial charge on any atom is 0.165 e. The van der Waals surface area contributed by atoms with Crippen molar-refractivity contribution in [3.63, 3.8) is 0 Å². The van der Waals surface area contributed by atoms with Crippen molar-refractivity contribution < 1.29 is 4.74 Å². The monoisotopic (exact) mass is 345 g/mol. The number of aromatic nitrogens is 5. The molecule has 6 nitrogen and oxygen atoms in total. The molecular weight excluding hydrogens is 326 g/mol. The highest BCUT2D eigenvalue weighted by molar-refractivity contribution is 5.72. The van der Waals surface area contributed by atoms with Gasteiger partial charge in [0.05, 0.1) is 17.8 Å². The number of benzene rings is 1. The fourth-order valence-electron chi connectivity index (χ4n) is 3.77. The second-order valence-electron chi connectivity index (χ2n) is 7.22. The number of fused-ring (bicyclic) bond motifs is 2. The van der Waals surface area contributed by atoms with Gasteiger partial charge in [0.1, 0.15) is 17.2 Å². The number of imidazole rings is 1. The molecule has 0 saturated heterocycles. The molecule has 6 heteroatoms. The highest BCUT2D eigenvalue weighted by atomic mass is 16.5. The zero-order valence-electron chi connectivity index (χ0n) is 14.7. The Balaban J connectivity index is 1.68. The SMILES string of the molecule is CC1(C)CC(n2ccnc2-c2cnn3cccnc23)c2ccccc2O1. The second kappa shape index (κ2) is 5.42. The van der Waals surface area contributed by atoms with E-state index in [1.807, 2.05) is 43.0 Å². The van der Waals surface area contributed by atoms with Crippen LogP contribution in [0.4, 0.5) is 0 Å². The van der Waals surface area contributed by atoms with Crippen LogP contribution in [0.3, 0.4) is 0 Å². The molecular formula is C20H19N5O. The van der Waals surface area contributed by atoms with Gasteiger partial charge >= 0.3 is 0 Å². The van der Waals surface area contributed by atoms with Gasteiger partial charge in [-0.3, -0.25) is 0 Å². The third kappa shape index (κ3) is 2.29. The molecule has 1 unspecified atom stereocenters. The van der Waals surface area contributed by atoms with Crippen LogP contribution in [-0.4, -0.2) is 29.8 Å². The van der Waals surface area contributed by atoms with Crippen molar-refractivity contribution in [2.24, 2.45) is 0 Å². The van der Waals surface area contributed by atoms with E-state index in [0.717, 1.165) is 29.2 Å². The van der Waals surface area contributed by atoms with Gasteiger partial charge in [-0.2, -0.15) is 5.10 Å². The quantitative estimate of drug-likeness (QED) is 0.555. The largest absolute Gasteiger partial charge is 0.487 e. The van der Waals surface area contributed by atoms with Gasteiger partial charge in [-0.15, -0.1) is 0 Å². The Labute approximate surface area is 151 Å². The van der Waals surface area contributed by atoms with Crippen LogP contribution < -0.4 is 4.74 Å². The smallest absolute Gasteiger partial charge is 0.165 e. The Hall–Kier alpha value is -3.15. The zero-order valence-corrected chi connectivity index (χ0v) is 14.7. The summed E-state index contributed by atoms with van der Waals surface area (Å²) in [6, 6.07) is 10.3. The van der Waals surface area contributed by atoms with Crippen LogP contribution in [0.25, 0.3) is 17.0 Å². The van der Waals surface area contributed by atoms with Crippen LogP contribution in [-0.2, 0) is 0 Å². The Morgan fingerprint density at radius 1 is 1.08 bits per heavy atom. The van der Waals surface area contributed by atoms with Gasteiger partial charge < -0.3 is 9.30 Å². The molecule has 4 heterocycles. The summed E-state index contributed by atoms with van der Waals surface area (Å²) in [4.78, 5) is 9.11. The van der Waals surface area contributed by atoms with Crippen molar-refractivity contribution in [2.75, 3.05) is 0 Å². The molecule has 1 aliphatic rings. The number of rotatable bonds is 2. The van der Waals surface area contributed by atoms with Gasteiger partial charge in [0, 0.05) is 36.8 Å². The Morgan fingerprint density at radius 2 is 1.96 bits per heavy atom. The molecule has 1 aromatic carbocycles. The van der Waals surface area contributed by atoms with E-state index in [1.165, 1.54) is 5.56 Å². The lowest BCUT2D eigenvalue weighted by Gasteiger charge is -2.38. The molecule has 1 atom stereocenters. The standard InChI is InChI=1S/C20H19N5O/c1-20(2)12-16(14-6-3-4-7-17(14)26-20)24-11-9-22-18(24)15-13-23-25-10-5-8-21-19(15)25/h3-11,13,16H,12H2,1-2H3. The molecule has 0 amide bonds. The predicted molar refractivity (Wildman–Crippen MR) is 98.1 cm³/mol. The van der Waals surface area contributed by atoms with E-state index in [-0.39, 0.29) is 11.6 Å². The van der Waals surface area contributed by atoms with Crippen molar-refractivity contribution in [2.45, 2.75) is 31.9 Å². The number of hydrogen-bond donors (Lipinski definition) is 0. The first-order valence-electron chi connectivity index (χ1n) is 8.72. The first kappa shape index (κ1) is 15.1. The molecule has 0 spiro atoms. The van der Waals surface area contributed by atoms with E-state index in [4.69, 9.17) is 4.74 Å². The van der Waals surface area contributed by atoms with Gasteiger partial charge in [0.2, 0.25) is 0 Å². The molecule has 0 saturated carbocycles. The molecule has 0 N–H and O–H groups in total. The number of para-hydroxylation sites is 1. The lowest BCUT2D eigenvalue weighted by atomic mass is 9.89. The lowest BCUT2D eigenvalue weighted by molar-refractivity contribution is 0.0673. The van der Waals surface area contributed by atoms with Gasteiger partial charge in [-0.05, 0) is 26.0 Å². The fraction of sp³-hybridized carbons (Fsp3) is 0.250. The van der Waals surface area contributed by atoms with Crippen LogP contribution in [0.15, 0.2) is 61.3 Å². The maximum absolute atomic E-state index is 6.19. The van der Waals surface area contributed by atoms with E-state index < -0.39 is 0 Å². The first-order valence-corrected chi connectivity index (χ1v) is 8.72. The average Bonchev–Trinajstić information content (AvgIpc) is 3.26. The third-order valence-corrected chi connectivity index (χ3v) is 4.87. The summed E-state index contributed by atoms with van der Waals surface area (Å²) in [6.07, 6.45) is 10.2. The molecule has 0 aliphatic carbocycles. The van der Waals surface area contributed by atoms with Crippen LogP contribution >= 0.6 is 0 Å². The summed E-state index contributed by atoms with van der Waals surface area (Å²) in [5.74, 6) is 1.81. The van der Waals surface area contributed by atoms with E-state index in [2.05, 4.69) is 45.6 Å². The topological polar surface area (TPSA) is 57.2 Å². The molecule has 0 fully saturated rings. The van der Waals surface area contributed by atoms with Crippen molar-refractivity contribution in [3.05, 3.63) is 66.9 Å². The highest BCUT2D eigenvalue weighted by Gasteiger charge is 2.35. The fourth-order valence-corrected chi connectivity index (χ4v) is 3.77. The highest BCUT2D eigenvalue weighted by Crippen LogP contribution is 2.42. The summed E-state index contributed by atoms with van der Waals surface area (Å²) < 4.78 is 10.2. The second-order valence-corrected chi connectivity index (χ2v) is 7.22. The average molecular weight is 345 g/mol. The van der Waals surface area contributed by atoms with Gasteiger partial charge in [-0.1, -0.05) is 18.2 Å². The number of hydrogen-bond acceptors (Lipinski definition) is 4. The lowest BCUT2D eigenvalue weighted by Crippen LogP contribution is -2.36. The van der Waals surface area contributed by atoms with Gasteiger partial charge in [-0.25, -0.2) is 14.5 Å². The molecule has 0 radical (unpaired) electrons. The van der Waals surface area contributed by atoms with Crippen molar-refractivity contribution in [1.82, 2.24) is 24.1 Å². The van der Waals surface area contributed by atoms with E-state index in [1.54, 1.807) is 10.7 Å². The maximum atomic E-state index is 6.19. The normalized spacial score (nSPS) is 18.5. The molecule has 4 aromatic rings. The van der Waals surface area contributed by atoms with Crippen molar-refractivity contribution in [1.29, 1.82) is 0 Å². The number of nitrogens with zero attached hydrogens (tertiary/aromatic N) is 5. The minimum absolute atomic E-state index is 0.145. The Bertz CT molecular complexity index is 1090. The minimum atomic E-state index is -0.250. The summed E-state index contributed by atoms with van der Waals surface area (Å²) in [5, 5.41) is 4.41. The van der Waals surface area contributed by atoms with Gasteiger partial charge in [0.25, 0.3) is 0 Å². The van der Waals surface area contributed by atoms with Crippen molar-refractivity contribution >= 4 is 5.65 Å². The van der Waals surface area contributed by atoms with E-state index >= 15 is 0 Å². The summed E-state index contributed by atoms with van der Waals surface area (Å²) in [7, 11) is 0.